The number of amides is 2. The van der Waals surface area contributed by atoms with E-state index in [4.69, 9.17) is 9.94 Å². The van der Waals surface area contributed by atoms with Crippen LogP contribution >= 0.6 is 0 Å². The molecule has 0 aromatic rings. The molecule has 6 heteroatoms. The quantitative estimate of drug-likeness (QED) is 0.697. The van der Waals surface area contributed by atoms with E-state index >= 15 is 0 Å². The van der Waals surface area contributed by atoms with Crippen molar-refractivity contribution in [2.24, 2.45) is 11.8 Å². The summed E-state index contributed by atoms with van der Waals surface area (Å²) in [5, 5.41) is 12.4. The lowest BCUT2D eigenvalue weighted by atomic mass is 9.85. The van der Waals surface area contributed by atoms with E-state index in [9.17, 15) is 9.59 Å². The van der Waals surface area contributed by atoms with Crippen molar-refractivity contribution in [1.82, 2.24) is 10.4 Å². The summed E-state index contributed by atoms with van der Waals surface area (Å²) in [6, 6.07) is 0. The third-order valence-corrected chi connectivity index (χ3v) is 2.89. The molecule has 2 N–H and O–H groups in total. The molecule has 6 nitrogen and oxygen atoms in total. The molecule has 0 saturated carbocycles. The molecule has 0 aromatic heterocycles. The Bertz CT molecular complexity index is 316. The summed E-state index contributed by atoms with van der Waals surface area (Å²) in [6.07, 6.45) is 0.0437. The zero-order valence-corrected chi connectivity index (χ0v) is 12.7. The Morgan fingerprint density at radius 2 is 1.89 bits per heavy atom. The molecule has 0 bridgehead atoms. The number of carboxylic acid groups (broad SMARTS) is 1. The van der Waals surface area contributed by atoms with Gasteiger partial charge in [-0.3, -0.25) is 9.63 Å². The number of carbonyl (C=O) groups is 2. The van der Waals surface area contributed by atoms with Gasteiger partial charge in [-0.2, -0.15) is 0 Å². The molecule has 0 unspecified atom stereocenters. The number of hydrogen-bond acceptors (Lipinski definition) is 3. The summed E-state index contributed by atoms with van der Waals surface area (Å²) in [7, 11) is 3.00. The summed E-state index contributed by atoms with van der Waals surface area (Å²) >= 11 is 0. The van der Waals surface area contributed by atoms with E-state index in [2.05, 4.69) is 5.32 Å². The van der Waals surface area contributed by atoms with Crippen LogP contribution in [0.2, 0.25) is 0 Å². The highest BCUT2D eigenvalue weighted by Gasteiger charge is 2.31. The molecule has 0 saturated heterocycles. The maximum Gasteiger partial charge on any atom is 0.405 e. The first-order valence-corrected chi connectivity index (χ1v) is 6.42. The number of nitrogens with one attached hydrogen (secondary N) is 1. The molecule has 0 aliphatic heterocycles. The predicted octanol–water partition coefficient (Wildman–Crippen LogP) is 2.10. The SMILES string of the molecule is CON(C)C(=O)[C@H](CC(C)C)CC(C)(C)NC(=O)O. The fourth-order valence-corrected chi connectivity index (χ4v) is 2.14. The molecule has 0 spiro atoms. The molecule has 0 rings (SSSR count). The molecule has 0 aromatic carbocycles. The molecule has 0 aliphatic carbocycles. The third kappa shape index (κ3) is 7.00. The van der Waals surface area contributed by atoms with Gasteiger partial charge in [0, 0.05) is 18.5 Å². The van der Waals surface area contributed by atoms with Crippen LogP contribution < -0.4 is 5.32 Å². The van der Waals surface area contributed by atoms with Crippen molar-refractivity contribution >= 4 is 12.0 Å². The second kappa shape index (κ2) is 7.33. The molecule has 0 fully saturated rings. The van der Waals surface area contributed by atoms with Gasteiger partial charge in [-0.05, 0) is 32.6 Å². The lowest BCUT2D eigenvalue weighted by molar-refractivity contribution is -0.174. The Labute approximate surface area is 115 Å². The van der Waals surface area contributed by atoms with Crippen molar-refractivity contribution in [3.63, 3.8) is 0 Å². The van der Waals surface area contributed by atoms with Gasteiger partial charge in [-0.15, -0.1) is 0 Å². The lowest BCUT2D eigenvalue weighted by Gasteiger charge is -2.31. The second-order valence-corrected chi connectivity index (χ2v) is 5.86. The van der Waals surface area contributed by atoms with Crippen LogP contribution in [0.5, 0.6) is 0 Å². The van der Waals surface area contributed by atoms with Gasteiger partial charge in [0.1, 0.15) is 0 Å². The fourth-order valence-electron chi connectivity index (χ4n) is 2.14. The molecule has 0 radical (unpaired) electrons. The number of nitrogens with zero attached hydrogens (tertiary/aromatic N) is 1. The van der Waals surface area contributed by atoms with Gasteiger partial charge in [-0.1, -0.05) is 13.8 Å². The number of rotatable bonds is 7. The first-order valence-electron chi connectivity index (χ1n) is 6.42. The summed E-state index contributed by atoms with van der Waals surface area (Å²) in [4.78, 5) is 27.9. The Morgan fingerprint density at radius 3 is 2.26 bits per heavy atom. The van der Waals surface area contributed by atoms with Gasteiger partial charge in [0.15, 0.2) is 0 Å². The predicted molar refractivity (Wildman–Crippen MR) is 72.6 cm³/mol. The van der Waals surface area contributed by atoms with E-state index in [-0.39, 0.29) is 11.8 Å². The monoisotopic (exact) mass is 274 g/mol. The van der Waals surface area contributed by atoms with Crippen molar-refractivity contribution in [3.8, 4) is 0 Å². The van der Waals surface area contributed by atoms with Gasteiger partial charge in [-0.25, -0.2) is 9.86 Å². The molecule has 0 heterocycles. The van der Waals surface area contributed by atoms with Gasteiger partial charge in [0.25, 0.3) is 0 Å². The van der Waals surface area contributed by atoms with E-state index in [1.54, 1.807) is 20.9 Å². The van der Waals surface area contributed by atoms with Gasteiger partial charge < -0.3 is 10.4 Å². The third-order valence-electron chi connectivity index (χ3n) is 2.89. The van der Waals surface area contributed by atoms with Crippen molar-refractivity contribution in [3.05, 3.63) is 0 Å². The van der Waals surface area contributed by atoms with Crippen molar-refractivity contribution in [2.75, 3.05) is 14.2 Å². The van der Waals surface area contributed by atoms with Gasteiger partial charge in [0.05, 0.1) is 7.11 Å². The smallest absolute Gasteiger partial charge is 0.405 e. The van der Waals surface area contributed by atoms with Crippen LogP contribution in [0, 0.1) is 11.8 Å². The van der Waals surface area contributed by atoms with Crippen molar-refractivity contribution in [2.45, 2.75) is 46.1 Å². The first-order chi connectivity index (χ1) is 8.59. The highest BCUT2D eigenvalue weighted by atomic mass is 16.7. The number of hydrogen-bond donors (Lipinski definition) is 2. The summed E-state index contributed by atoms with van der Waals surface area (Å²) < 4.78 is 0. The minimum absolute atomic E-state index is 0.128. The van der Waals surface area contributed by atoms with Crippen LogP contribution in [-0.2, 0) is 9.63 Å². The molecule has 1 atom stereocenters. The number of carbonyl (C=O) groups excluding carboxylic acids is 1. The lowest BCUT2D eigenvalue weighted by Crippen LogP contribution is -2.46. The van der Waals surface area contributed by atoms with Crippen LogP contribution in [-0.4, -0.2) is 41.9 Å². The Balaban J connectivity index is 4.85. The second-order valence-electron chi connectivity index (χ2n) is 5.86. The van der Waals surface area contributed by atoms with Gasteiger partial charge in [0.2, 0.25) is 5.91 Å². The minimum Gasteiger partial charge on any atom is -0.465 e. The van der Waals surface area contributed by atoms with Crippen LogP contribution in [0.3, 0.4) is 0 Å². The normalized spacial score (nSPS) is 13.2. The van der Waals surface area contributed by atoms with Gasteiger partial charge >= 0.3 is 6.09 Å². The average molecular weight is 274 g/mol. The topological polar surface area (TPSA) is 78.9 Å². The average Bonchev–Trinajstić information content (AvgIpc) is 2.23. The van der Waals surface area contributed by atoms with E-state index in [0.717, 1.165) is 0 Å². The standard InChI is InChI=1S/C13H26N2O4/c1-9(2)7-10(11(16)15(5)19-6)8-13(3,4)14-12(17)18/h9-10,14H,7-8H2,1-6H3,(H,17,18)/t10-/m1/s1. The summed E-state index contributed by atoms with van der Waals surface area (Å²) in [5.74, 6) is -0.0527. The molecule has 112 valence electrons. The first kappa shape index (κ1) is 17.7. The molecule has 19 heavy (non-hydrogen) atoms. The molecular formula is C13H26N2O4. The van der Waals surface area contributed by atoms with Crippen molar-refractivity contribution in [1.29, 1.82) is 0 Å². The molecule has 0 aliphatic rings. The maximum atomic E-state index is 12.2. The minimum atomic E-state index is -1.08. The summed E-state index contributed by atoms with van der Waals surface area (Å²) in [5.41, 5.74) is -0.657. The van der Waals surface area contributed by atoms with E-state index in [1.807, 2.05) is 13.8 Å². The van der Waals surface area contributed by atoms with Crippen LogP contribution in [0.25, 0.3) is 0 Å². The Morgan fingerprint density at radius 1 is 1.37 bits per heavy atom. The summed E-state index contributed by atoms with van der Waals surface area (Å²) in [6.45, 7) is 7.61. The van der Waals surface area contributed by atoms with Crippen molar-refractivity contribution < 1.29 is 19.5 Å². The van der Waals surface area contributed by atoms with Crippen LogP contribution in [0.15, 0.2) is 0 Å². The fraction of sp³-hybridized carbons (Fsp3) is 0.846. The van der Waals surface area contributed by atoms with Crippen LogP contribution in [0.1, 0.15) is 40.5 Å². The Hall–Kier alpha value is -1.30. The zero-order chi connectivity index (χ0) is 15.2. The van der Waals surface area contributed by atoms with E-state index in [0.29, 0.717) is 18.8 Å². The highest BCUT2D eigenvalue weighted by molar-refractivity contribution is 5.77. The zero-order valence-electron chi connectivity index (χ0n) is 12.7. The molecular weight excluding hydrogens is 248 g/mol. The van der Waals surface area contributed by atoms with E-state index in [1.165, 1.54) is 12.2 Å². The largest absolute Gasteiger partial charge is 0.465 e. The highest BCUT2D eigenvalue weighted by Crippen LogP contribution is 2.24. The van der Waals surface area contributed by atoms with Crippen LogP contribution in [0.4, 0.5) is 4.79 Å². The number of hydroxylamine groups is 2. The maximum absolute atomic E-state index is 12.2. The Kier molecular flexibility index (Phi) is 6.83. The molecule has 2 amide bonds. The van der Waals surface area contributed by atoms with E-state index < -0.39 is 11.6 Å².